The number of halogens is 1. The molecule has 2 rings (SSSR count). The fourth-order valence-electron chi connectivity index (χ4n) is 1.68. The molecule has 1 amide bonds. The molecule has 0 radical (unpaired) electrons. The van der Waals surface area contributed by atoms with E-state index in [1.54, 1.807) is 7.11 Å². The van der Waals surface area contributed by atoms with Gasteiger partial charge in [0, 0.05) is 10.9 Å². The van der Waals surface area contributed by atoms with Crippen molar-refractivity contribution in [2.24, 2.45) is 0 Å². The zero-order valence-electron chi connectivity index (χ0n) is 12.8. The van der Waals surface area contributed by atoms with E-state index < -0.39 is 11.7 Å². The van der Waals surface area contributed by atoms with Gasteiger partial charge in [0.05, 0.1) is 17.3 Å². The fraction of sp³-hybridized carbons (Fsp3) is 0.333. The number of thiazole rings is 1. The molecule has 0 fully saturated rings. The number of hydrogen-bond acceptors (Lipinski definition) is 5. The van der Waals surface area contributed by atoms with Crippen LogP contribution in [-0.2, 0) is 4.74 Å². The zero-order chi connectivity index (χ0) is 16.3. The lowest BCUT2D eigenvalue weighted by molar-refractivity contribution is 0.0636. The van der Waals surface area contributed by atoms with Gasteiger partial charge in [-0.2, -0.15) is 0 Å². The molecule has 1 N–H and O–H groups in total. The van der Waals surface area contributed by atoms with Crippen molar-refractivity contribution in [3.8, 4) is 17.0 Å². The van der Waals surface area contributed by atoms with E-state index in [2.05, 4.69) is 26.2 Å². The second-order valence-electron chi connectivity index (χ2n) is 5.51. The van der Waals surface area contributed by atoms with E-state index in [0.717, 1.165) is 21.5 Å². The minimum absolute atomic E-state index is 0.496. The number of amides is 1. The van der Waals surface area contributed by atoms with Crippen LogP contribution >= 0.6 is 27.3 Å². The fourth-order valence-corrected chi connectivity index (χ4v) is 2.93. The van der Waals surface area contributed by atoms with Gasteiger partial charge in [-0.15, -0.1) is 11.3 Å². The summed E-state index contributed by atoms with van der Waals surface area (Å²) in [7, 11) is 1.62. The number of nitrogens with zero attached hydrogens (tertiary/aromatic N) is 1. The Morgan fingerprint density at radius 1 is 1.36 bits per heavy atom. The molecule has 0 spiro atoms. The van der Waals surface area contributed by atoms with E-state index in [9.17, 15) is 4.79 Å². The number of carbonyl (C=O) groups excluding carboxylic acids is 1. The van der Waals surface area contributed by atoms with Crippen LogP contribution in [0.15, 0.2) is 28.1 Å². The first-order chi connectivity index (χ1) is 10.3. The molecule has 5 nitrogen and oxygen atoms in total. The van der Waals surface area contributed by atoms with Gasteiger partial charge in [0.2, 0.25) is 0 Å². The molecule has 0 aliphatic rings. The van der Waals surface area contributed by atoms with Crippen LogP contribution in [0.3, 0.4) is 0 Å². The van der Waals surface area contributed by atoms with Gasteiger partial charge >= 0.3 is 6.09 Å². The van der Waals surface area contributed by atoms with Crippen molar-refractivity contribution in [1.82, 2.24) is 4.98 Å². The first-order valence-corrected chi connectivity index (χ1v) is 8.25. The van der Waals surface area contributed by atoms with Gasteiger partial charge in [0.15, 0.2) is 5.13 Å². The van der Waals surface area contributed by atoms with Gasteiger partial charge in [0.25, 0.3) is 0 Å². The van der Waals surface area contributed by atoms with Crippen molar-refractivity contribution in [3.05, 3.63) is 28.1 Å². The zero-order valence-corrected chi connectivity index (χ0v) is 15.2. The van der Waals surface area contributed by atoms with Gasteiger partial charge in [-0.25, -0.2) is 9.78 Å². The molecule has 0 aliphatic heterocycles. The number of rotatable bonds is 3. The molecule has 1 heterocycles. The lowest BCUT2D eigenvalue weighted by atomic mass is 10.2. The highest BCUT2D eigenvalue weighted by atomic mass is 79.9. The smallest absolute Gasteiger partial charge is 0.413 e. The Labute approximate surface area is 141 Å². The molecule has 0 saturated heterocycles. The van der Waals surface area contributed by atoms with E-state index in [1.807, 2.05) is 44.4 Å². The molecule has 0 bridgehead atoms. The monoisotopic (exact) mass is 384 g/mol. The van der Waals surface area contributed by atoms with E-state index >= 15 is 0 Å². The Morgan fingerprint density at radius 3 is 2.68 bits per heavy atom. The molecular weight excluding hydrogens is 368 g/mol. The Morgan fingerprint density at radius 2 is 2.09 bits per heavy atom. The van der Waals surface area contributed by atoms with Gasteiger partial charge in [0.1, 0.15) is 11.4 Å². The van der Waals surface area contributed by atoms with Crippen LogP contribution in [0.2, 0.25) is 0 Å². The summed E-state index contributed by atoms with van der Waals surface area (Å²) in [5.41, 5.74) is 1.17. The van der Waals surface area contributed by atoms with Crippen LogP contribution in [0.1, 0.15) is 20.8 Å². The number of methoxy groups -OCH3 is 1. The van der Waals surface area contributed by atoms with Gasteiger partial charge < -0.3 is 9.47 Å². The SMILES string of the molecule is COc1ccc(-c2csc(NC(=O)OC(C)(C)C)n2)cc1Br. The highest BCUT2D eigenvalue weighted by Gasteiger charge is 2.17. The largest absolute Gasteiger partial charge is 0.496 e. The third-order valence-electron chi connectivity index (χ3n) is 2.56. The summed E-state index contributed by atoms with van der Waals surface area (Å²) >= 11 is 4.79. The number of anilines is 1. The molecule has 0 atom stereocenters. The third-order valence-corrected chi connectivity index (χ3v) is 3.94. The molecule has 0 saturated carbocycles. The molecule has 22 heavy (non-hydrogen) atoms. The number of nitrogens with one attached hydrogen (secondary N) is 1. The van der Waals surface area contributed by atoms with Crippen LogP contribution in [0, 0.1) is 0 Å². The molecule has 118 valence electrons. The van der Waals surface area contributed by atoms with E-state index in [1.165, 1.54) is 11.3 Å². The van der Waals surface area contributed by atoms with Crippen LogP contribution in [0.25, 0.3) is 11.3 Å². The number of hydrogen-bond donors (Lipinski definition) is 1. The number of ether oxygens (including phenoxy) is 2. The molecule has 7 heteroatoms. The standard InChI is InChI=1S/C15H17BrN2O3S/c1-15(2,3)21-14(19)18-13-17-11(8-22-13)9-5-6-12(20-4)10(16)7-9/h5-8H,1-4H3,(H,17,18,19). The maximum Gasteiger partial charge on any atom is 0.413 e. The summed E-state index contributed by atoms with van der Waals surface area (Å²) < 4.78 is 11.2. The molecule has 1 aromatic carbocycles. The second-order valence-corrected chi connectivity index (χ2v) is 7.23. The summed E-state index contributed by atoms with van der Waals surface area (Å²) in [6, 6.07) is 5.70. The van der Waals surface area contributed by atoms with Crippen LogP contribution in [-0.4, -0.2) is 23.8 Å². The average Bonchev–Trinajstić information content (AvgIpc) is 2.84. The number of carbonyl (C=O) groups is 1. The predicted octanol–water partition coefficient (Wildman–Crippen LogP) is 4.93. The lowest BCUT2D eigenvalue weighted by Crippen LogP contribution is -2.27. The molecule has 0 unspecified atom stereocenters. The van der Waals surface area contributed by atoms with Crippen molar-refractivity contribution < 1.29 is 14.3 Å². The Hall–Kier alpha value is -1.60. The van der Waals surface area contributed by atoms with E-state index in [-0.39, 0.29) is 0 Å². The summed E-state index contributed by atoms with van der Waals surface area (Å²) in [5, 5.41) is 5.01. The van der Waals surface area contributed by atoms with Crippen molar-refractivity contribution in [3.63, 3.8) is 0 Å². The molecule has 0 aliphatic carbocycles. The maximum atomic E-state index is 11.7. The van der Waals surface area contributed by atoms with Gasteiger partial charge in [-0.05, 0) is 54.9 Å². The topological polar surface area (TPSA) is 60.5 Å². The summed E-state index contributed by atoms with van der Waals surface area (Å²) in [6.07, 6.45) is -0.510. The highest BCUT2D eigenvalue weighted by molar-refractivity contribution is 9.10. The van der Waals surface area contributed by atoms with Crippen LogP contribution in [0.4, 0.5) is 9.93 Å². The normalized spacial score (nSPS) is 11.1. The Kier molecular flexibility index (Phi) is 5.08. The van der Waals surface area contributed by atoms with E-state index in [0.29, 0.717) is 5.13 Å². The second kappa shape index (κ2) is 6.66. The van der Waals surface area contributed by atoms with Crippen molar-refractivity contribution in [2.45, 2.75) is 26.4 Å². The van der Waals surface area contributed by atoms with Crippen LogP contribution < -0.4 is 10.1 Å². The Balaban J connectivity index is 2.11. The van der Waals surface area contributed by atoms with Crippen molar-refractivity contribution >= 4 is 38.5 Å². The average molecular weight is 385 g/mol. The van der Waals surface area contributed by atoms with Gasteiger partial charge in [-0.1, -0.05) is 0 Å². The summed E-state index contributed by atoms with van der Waals surface area (Å²) in [4.78, 5) is 16.1. The van der Waals surface area contributed by atoms with Crippen molar-refractivity contribution in [1.29, 1.82) is 0 Å². The van der Waals surface area contributed by atoms with Gasteiger partial charge in [-0.3, -0.25) is 5.32 Å². The van der Waals surface area contributed by atoms with Crippen LogP contribution in [0.5, 0.6) is 5.75 Å². The lowest BCUT2D eigenvalue weighted by Gasteiger charge is -2.18. The Bertz CT molecular complexity index is 680. The number of benzene rings is 1. The molecule has 1 aromatic heterocycles. The third kappa shape index (κ3) is 4.45. The maximum absolute atomic E-state index is 11.7. The minimum Gasteiger partial charge on any atom is -0.496 e. The first-order valence-electron chi connectivity index (χ1n) is 6.58. The summed E-state index contributed by atoms with van der Waals surface area (Å²) in [6.45, 7) is 5.44. The number of aromatic nitrogens is 1. The molecular formula is C15H17BrN2O3S. The highest BCUT2D eigenvalue weighted by Crippen LogP contribution is 2.32. The van der Waals surface area contributed by atoms with Crippen molar-refractivity contribution in [2.75, 3.05) is 12.4 Å². The molecule has 2 aromatic rings. The quantitative estimate of drug-likeness (QED) is 0.814. The summed E-state index contributed by atoms with van der Waals surface area (Å²) in [5.74, 6) is 0.756. The minimum atomic E-state index is -0.537. The predicted molar refractivity (Wildman–Crippen MR) is 91.7 cm³/mol. The van der Waals surface area contributed by atoms with E-state index in [4.69, 9.17) is 9.47 Å². The first kappa shape index (κ1) is 16.8.